The summed E-state index contributed by atoms with van der Waals surface area (Å²) >= 11 is 1.71. The number of rotatable bonds is 10. The number of carbonyl (C=O) groups is 2. The van der Waals surface area contributed by atoms with Crippen LogP contribution in [0.1, 0.15) is 33.6 Å². The van der Waals surface area contributed by atoms with Crippen LogP contribution in [0.2, 0.25) is 0 Å². The minimum atomic E-state index is -0.198. The lowest BCUT2D eigenvalue weighted by molar-refractivity contribution is -0.116. The Kier molecular flexibility index (Phi) is 8.03. The lowest BCUT2D eigenvalue weighted by atomic mass is 10.1. The summed E-state index contributed by atoms with van der Waals surface area (Å²) < 4.78 is 5.62. The standard InChI is InChI=1S/C24H26N2O3S/c1-18-10-12-21(13-11-18)29-15-14-25-24(28)19-5-2-6-20(17-19)26-23(27)9-3-7-22-8-4-16-30-22/h2,4-6,8,10-13,16-17H,3,7,9,14-15H2,1H3,(H,25,28)(H,26,27). The zero-order valence-corrected chi connectivity index (χ0v) is 17.8. The van der Waals surface area contributed by atoms with Crippen molar-refractivity contribution in [1.29, 1.82) is 0 Å². The van der Waals surface area contributed by atoms with Gasteiger partial charge in [-0.1, -0.05) is 29.8 Å². The van der Waals surface area contributed by atoms with Crippen molar-refractivity contribution in [2.75, 3.05) is 18.5 Å². The first-order chi connectivity index (χ1) is 14.6. The predicted octanol–water partition coefficient (Wildman–Crippen LogP) is 4.83. The van der Waals surface area contributed by atoms with Crippen LogP contribution >= 0.6 is 11.3 Å². The van der Waals surface area contributed by atoms with Crippen molar-refractivity contribution in [3.63, 3.8) is 0 Å². The van der Waals surface area contributed by atoms with E-state index in [9.17, 15) is 9.59 Å². The van der Waals surface area contributed by atoms with Crippen molar-refractivity contribution in [1.82, 2.24) is 5.32 Å². The Hall–Kier alpha value is -3.12. The number of benzene rings is 2. The van der Waals surface area contributed by atoms with E-state index in [1.807, 2.05) is 42.6 Å². The first-order valence-electron chi connectivity index (χ1n) is 10.00. The summed E-state index contributed by atoms with van der Waals surface area (Å²) in [6, 6.07) is 18.8. The molecule has 0 saturated heterocycles. The zero-order valence-electron chi connectivity index (χ0n) is 17.0. The molecule has 2 aromatic carbocycles. The van der Waals surface area contributed by atoms with Gasteiger partial charge >= 0.3 is 0 Å². The predicted molar refractivity (Wildman–Crippen MR) is 121 cm³/mol. The SMILES string of the molecule is Cc1ccc(OCCNC(=O)c2cccc(NC(=O)CCCc3cccs3)c2)cc1. The van der Waals surface area contributed by atoms with Crippen LogP contribution in [0.4, 0.5) is 5.69 Å². The van der Waals surface area contributed by atoms with Crippen molar-refractivity contribution in [3.8, 4) is 5.75 Å². The van der Waals surface area contributed by atoms with Gasteiger partial charge in [0, 0.05) is 22.5 Å². The summed E-state index contributed by atoms with van der Waals surface area (Å²) in [6.07, 6.45) is 2.15. The molecule has 0 atom stereocenters. The van der Waals surface area contributed by atoms with Crippen molar-refractivity contribution >= 4 is 28.8 Å². The number of aryl methyl sites for hydroxylation is 2. The molecule has 156 valence electrons. The molecule has 0 fully saturated rings. The summed E-state index contributed by atoms with van der Waals surface area (Å²) in [4.78, 5) is 25.8. The third-order valence-corrected chi connectivity index (χ3v) is 5.43. The van der Waals surface area contributed by atoms with E-state index in [1.165, 1.54) is 10.4 Å². The Balaban J connectivity index is 1.40. The van der Waals surface area contributed by atoms with E-state index < -0.39 is 0 Å². The second kappa shape index (κ2) is 11.2. The molecule has 0 unspecified atom stereocenters. The smallest absolute Gasteiger partial charge is 0.251 e. The van der Waals surface area contributed by atoms with Gasteiger partial charge in [-0.25, -0.2) is 0 Å². The van der Waals surface area contributed by atoms with Crippen molar-refractivity contribution in [2.24, 2.45) is 0 Å². The van der Waals surface area contributed by atoms with Crippen LogP contribution in [0.3, 0.4) is 0 Å². The first kappa shape index (κ1) is 21.6. The molecule has 0 spiro atoms. The summed E-state index contributed by atoms with van der Waals surface area (Å²) in [5, 5.41) is 7.75. The highest BCUT2D eigenvalue weighted by molar-refractivity contribution is 7.09. The van der Waals surface area contributed by atoms with E-state index in [2.05, 4.69) is 16.7 Å². The van der Waals surface area contributed by atoms with Gasteiger partial charge < -0.3 is 15.4 Å². The molecular formula is C24H26N2O3S. The van der Waals surface area contributed by atoms with E-state index in [-0.39, 0.29) is 11.8 Å². The van der Waals surface area contributed by atoms with E-state index in [0.717, 1.165) is 18.6 Å². The number of ether oxygens (including phenoxy) is 1. The van der Waals surface area contributed by atoms with Crippen molar-refractivity contribution in [2.45, 2.75) is 26.2 Å². The molecule has 0 aliphatic carbocycles. The normalized spacial score (nSPS) is 10.4. The van der Waals surface area contributed by atoms with Gasteiger partial charge in [-0.05, 0) is 61.5 Å². The maximum Gasteiger partial charge on any atom is 0.251 e. The molecule has 2 N–H and O–H groups in total. The largest absolute Gasteiger partial charge is 0.492 e. The molecule has 1 heterocycles. The monoisotopic (exact) mass is 422 g/mol. The van der Waals surface area contributed by atoms with Gasteiger partial charge in [-0.3, -0.25) is 9.59 Å². The van der Waals surface area contributed by atoms with Gasteiger partial charge in [0.15, 0.2) is 0 Å². The average molecular weight is 423 g/mol. The van der Waals surface area contributed by atoms with Crippen LogP contribution in [0.5, 0.6) is 5.75 Å². The highest BCUT2D eigenvalue weighted by Crippen LogP contribution is 2.14. The number of carbonyl (C=O) groups excluding carboxylic acids is 2. The van der Waals surface area contributed by atoms with Crippen LogP contribution in [0.25, 0.3) is 0 Å². The van der Waals surface area contributed by atoms with Gasteiger partial charge in [0.25, 0.3) is 5.91 Å². The number of hydrogen-bond donors (Lipinski definition) is 2. The summed E-state index contributed by atoms with van der Waals surface area (Å²) in [5.41, 5.74) is 2.30. The van der Waals surface area contributed by atoms with E-state index >= 15 is 0 Å². The van der Waals surface area contributed by atoms with Gasteiger partial charge in [-0.2, -0.15) is 0 Å². The highest BCUT2D eigenvalue weighted by atomic mass is 32.1. The fourth-order valence-corrected chi connectivity index (χ4v) is 3.66. The Morgan fingerprint density at radius 3 is 2.63 bits per heavy atom. The minimum absolute atomic E-state index is 0.0457. The van der Waals surface area contributed by atoms with Crippen LogP contribution < -0.4 is 15.4 Å². The van der Waals surface area contributed by atoms with E-state index in [0.29, 0.717) is 30.8 Å². The van der Waals surface area contributed by atoms with Crippen LogP contribution in [-0.4, -0.2) is 25.0 Å². The zero-order chi connectivity index (χ0) is 21.2. The molecule has 0 bridgehead atoms. The van der Waals surface area contributed by atoms with Gasteiger partial charge in [0.1, 0.15) is 12.4 Å². The Bertz CT molecular complexity index is 953. The second-order valence-electron chi connectivity index (χ2n) is 6.98. The number of nitrogens with one attached hydrogen (secondary N) is 2. The Morgan fingerprint density at radius 2 is 1.87 bits per heavy atom. The summed E-state index contributed by atoms with van der Waals surface area (Å²) in [6.45, 7) is 2.80. The molecule has 0 radical (unpaired) electrons. The molecule has 0 aliphatic rings. The molecule has 6 heteroatoms. The van der Waals surface area contributed by atoms with Crippen molar-refractivity contribution < 1.29 is 14.3 Å². The minimum Gasteiger partial charge on any atom is -0.492 e. The molecule has 30 heavy (non-hydrogen) atoms. The number of thiophene rings is 1. The molecule has 1 aromatic heterocycles. The molecule has 3 rings (SSSR count). The first-order valence-corrected chi connectivity index (χ1v) is 10.9. The maximum absolute atomic E-state index is 12.4. The fraction of sp³-hybridized carbons (Fsp3) is 0.250. The Labute approximate surface area is 181 Å². The fourth-order valence-electron chi connectivity index (χ4n) is 2.91. The lowest BCUT2D eigenvalue weighted by Crippen LogP contribution is -2.28. The molecule has 2 amide bonds. The van der Waals surface area contributed by atoms with Crippen molar-refractivity contribution in [3.05, 3.63) is 82.0 Å². The number of amides is 2. The van der Waals surface area contributed by atoms with Gasteiger partial charge in [0.2, 0.25) is 5.91 Å². The maximum atomic E-state index is 12.4. The van der Waals surface area contributed by atoms with Gasteiger partial charge in [0.05, 0.1) is 6.54 Å². The quantitative estimate of drug-likeness (QED) is 0.460. The summed E-state index contributed by atoms with van der Waals surface area (Å²) in [7, 11) is 0. The lowest BCUT2D eigenvalue weighted by Gasteiger charge is -2.10. The summed E-state index contributed by atoms with van der Waals surface area (Å²) in [5.74, 6) is 0.533. The Morgan fingerprint density at radius 1 is 1.03 bits per heavy atom. The molecule has 0 saturated carbocycles. The van der Waals surface area contributed by atoms with Crippen LogP contribution in [0, 0.1) is 6.92 Å². The number of anilines is 1. The third-order valence-electron chi connectivity index (χ3n) is 4.49. The van der Waals surface area contributed by atoms with Crippen LogP contribution in [-0.2, 0) is 11.2 Å². The molecule has 3 aromatic rings. The second-order valence-corrected chi connectivity index (χ2v) is 8.01. The highest BCUT2D eigenvalue weighted by Gasteiger charge is 2.08. The molecular weight excluding hydrogens is 396 g/mol. The van der Waals surface area contributed by atoms with Crippen LogP contribution in [0.15, 0.2) is 66.0 Å². The topological polar surface area (TPSA) is 67.4 Å². The average Bonchev–Trinajstić information content (AvgIpc) is 3.26. The molecule has 0 aliphatic heterocycles. The third kappa shape index (κ3) is 7.04. The van der Waals surface area contributed by atoms with Gasteiger partial charge in [-0.15, -0.1) is 11.3 Å². The van der Waals surface area contributed by atoms with E-state index in [1.54, 1.807) is 35.6 Å². The molecule has 5 nitrogen and oxygen atoms in total. The van der Waals surface area contributed by atoms with E-state index in [4.69, 9.17) is 4.74 Å². The number of hydrogen-bond acceptors (Lipinski definition) is 4.